The van der Waals surface area contributed by atoms with E-state index in [1.807, 2.05) is 12.2 Å². The molecule has 1 heterocycles. The van der Waals surface area contributed by atoms with E-state index in [1.54, 1.807) is 0 Å². The maximum Gasteiger partial charge on any atom is 0.0742 e. The molecule has 19 heavy (non-hydrogen) atoms. The highest BCUT2D eigenvalue weighted by molar-refractivity contribution is 14.1. The first-order chi connectivity index (χ1) is 9.09. The van der Waals surface area contributed by atoms with Crippen molar-refractivity contribution in [2.45, 2.75) is 16.9 Å². The number of allylic oxidation sites excluding steroid dienone is 9. The maximum atomic E-state index is 2.55. The Morgan fingerprint density at radius 3 is 1.95 bits per heavy atom. The van der Waals surface area contributed by atoms with Gasteiger partial charge in [0.1, 0.15) is 0 Å². The van der Waals surface area contributed by atoms with Crippen molar-refractivity contribution < 1.29 is 0 Å². The lowest BCUT2D eigenvalue weighted by Gasteiger charge is -2.39. The van der Waals surface area contributed by atoms with Gasteiger partial charge >= 0.3 is 0 Å². The Morgan fingerprint density at radius 1 is 0.895 bits per heavy atom. The molecule has 0 aromatic heterocycles. The molecule has 0 saturated heterocycles. The van der Waals surface area contributed by atoms with E-state index in [2.05, 4.69) is 90.1 Å². The maximum absolute atomic E-state index is 2.55. The second kappa shape index (κ2) is 6.53. The van der Waals surface area contributed by atoms with Gasteiger partial charge in [-0.05, 0) is 25.1 Å². The molecule has 2 rings (SSSR count). The summed E-state index contributed by atoms with van der Waals surface area (Å²) in [4.78, 5) is 2.41. The molecule has 2 heteroatoms. The number of nitrogens with zero attached hydrogens (tertiary/aromatic N) is 1. The Hall–Kier alpha value is -0.870. The van der Waals surface area contributed by atoms with Crippen LogP contribution in [0, 0.1) is 0 Å². The summed E-state index contributed by atoms with van der Waals surface area (Å²) >= 11 is 2.55. The van der Waals surface area contributed by atoms with Crippen LogP contribution in [0.3, 0.4) is 0 Å². The third-order valence-electron chi connectivity index (χ3n) is 3.50. The van der Waals surface area contributed by atoms with E-state index in [4.69, 9.17) is 0 Å². The van der Waals surface area contributed by atoms with Crippen LogP contribution in [-0.2, 0) is 0 Å². The molecule has 100 valence electrons. The molecule has 2 aliphatic rings. The second-order valence-electron chi connectivity index (χ2n) is 5.10. The molecular weight excluding hydrogens is 345 g/mol. The molecule has 0 spiro atoms. The summed E-state index contributed by atoms with van der Waals surface area (Å²) in [7, 11) is 2.20. The van der Waals surface area contributed by atoms with Crippen molar-refractivity contribution in [2.24, 2.45) is 0 Å². The number of halogens is 1. The standard InChI is InChI=1S/C17H20IN/c1-17(18)13-15-11-9-7-5-3-4-6-8-10-12-16(15)14-19(17)2/h3-12H,13-14H2,1-2H3/b4-3-,5-3?,6-4?,7-5-,8-6-,9-7?,10-8?,11-9-,12-10-,15-11?,16-12?. The molecule has 0 N–H and O–H groups in total. The van der Waals surface area contributed by atoms with Crippen molar-refractivity contribution >= 4 is 22.6 Å². The third kappa shape index (κ3) is 4.05. The van der Waals surface area contributed by atoms with Crippen molar-refractivity contribution in [1.82, 2.24) is 4.90 Å². The molecule has 0 aromatic carbocycles. The number of hydrogen-bond acceptors (Lipinski definition) is 1. The highest BCUT2D eigenvalue weighted by Crippen LogP contribution is 2.36. The summed E-state index contributed by atoms with van der Waals surface area (Å²) in [5, 5.41) is 0. The fourth-order valence-electron chi connectivity index (χ4n) is 2.17. The molecule has 0 amide bonds. The van der Waals surface area contributed by atoms with Gasteiger partial charge in [-0.2, -0.15) is 0 Å². The van der Waals surface area contributed by atoms with Gasteiger partial charge in [0.15, 0.2) is 0 Å². The van der Waals surface area contributed by atoms with E-state index in [-0.39, 0.29) is 3.55 Å². The first-order valence-electron chi connectivity index (χ1n) is 6.56. The van der Waals surface area contributed by atoms with Gasteiger partial charge in [0.25, 0.3) is 0 Å². The second-order valence-corrected chi connectivity index (χ2v) is 7.42. The summed E-state index contributed by atoms with van der Waals surface area (Å²) < 4.78 is 0.200. The lowest BCUT2D eigenvalue weighted by Crippen LogP contribution is -2.42. The lowest BCUT2D eigenvalue weighted by molar-refractivity contribution is 0.249. The molecule has 1 nitrogen and oxygen atoms in total. The van der Waals surface area contributed by atoms with Crippen LogP contribution >= 0.6 is 22.6 Å². The van der Waals surface area contributed by atoms with Crippen LogP contribution in [0.25, 0.3) is 0 Å². The van der Waals surface area contributed by atoms with Gasteiger partial charge in [0.05, 0.1) is 3.55 Å². The van der Waals surface area contributed by atoms with Crippen LogP contribution < -0.4 is 0 Å². The number of likely N-dealkylation sites (N-methyl/N-ethyl adjacent to an activating group) is 1. The third-order valence-corrected chi connectivity index (χ3v) is 4.71. The first-order valence-corrected chi connectivity index (χ1v) is 7.64. The van der Waals surface area contributed by atoms with Crippen molar-refractivity contribution in [1.29, 1.82) is 0 Å². The Bertz CT molecular complexity index is 501. The zero-order valence-electron chi connectivity index (χ0n) is 11.5. The number of alkyl halides is 1. The van der Waals surface area contributed by atoms with Crippen molar-refractivity contribution in [3.63, 3.8) is 0 Å². The average Bonchev–Trinajstić information content (AvgIpc) is 2.34. The van der Waals surface area contributed by atoms with Crippen LogP contribution in [-0.4, -0.2) is 22.0 Å². The van der Waals surface area contributed by atoms with E-state index < -0.39 is 0 Å². The van der Waals surface area contributed by atoms with E-state index in [1.165, 1.54) is 11.1 Å². The van der Waals surface area contributed by atoms with Gasteiger partial charge in [-0.25, -0.2) is 0 Å². The van der Waals surface area contributed by atoms with Gasteiger partial charge in [0, 0.05) is 13.0 Å². The summed E-state index contributed by atoms with van der Waals surface area (Å²) in [6.07, 6.45) is 22.2. The van der Waals surface area contributed by atoms with Crippen LogP contribution in [0.15, 0.2) is 71.9 Å². The van der Waals surface area contributed by atoms with Crippen LogP contribution in [0.4, 0.5) is 0 Å². The molecule has 0 aromatic rings. The monoisotopic (exact) mass is 365 g/mol. The minimum atomic E-state index is 0.200. The molecule has 1 aliphatic carbocycles. The van der Waals surface area contributed by atoms with Gasteiger partial charge < -0.3 is 0 Å². The largest absolute Gasteiger partial charge is 0.288 e. The summed E-state index contributed by atoms with van der Waals surface area (Å²) in [6.45, 7) is 3.30. The van der Waals surface area contributed by atoms with Crippen molar-refractivity contribution in [3.05, 3.63) is 71.9 Å². The van der Waals surface area contributed by atoms with Gasteiger partial charge in [-0.15, -0.1) is 0 Å². The van der Waals surface area contributed by atoms with Crippen molar-refractivity contribution in [3.8, 4) is 0 Å². The molecule has 1 atom stereocenters. The quantitative estimate of drug-likeness (QED) is 0.346. The molecule has 0 bridgehead atoms. The van der Waals surface area contributed by atoms with Gasteiger partial charge in [-0.1, -0.05) is 83.4 Å². The van der Waals surface area contributed by atoms with Gasteiger partial charge in [0.2, 0.25) is 0 Å². The van der Waals surface area contributed by atoms with Crippen LogP contribution in [0.5, 0.6) is 0 Å². The molecular formula is C17H20IN. The van der Waals surface area contributed by atoms with Crippen molar-refractivity contribution in [2.75, 3.05) is 13.6 Å². The van der Waals surface area contributed by atoms with Crippen LogP contribution in [0.1, 0.15) is 13.3 Å². The molecule has 0 radical (unpaired) electrons. The first kappa shape index (κ1) is 14.5. The fraction of sp³-hybridized carbons (Fsp3) is 0.294. The highest BCUT2D eigenvalue weighted by Gasteiger charge is 2.31. The normalized spacial score (nSPS) is 36.6. The lowest BCUT2D eigenvalue weighted by atomic mass is 9.94. The highest BCUT2D eigenvalue weighted by atomic mass is 127. The smallest absolute Gasteiger partial charge is 0.0742 e. The number of hydrogen-bond donors (Lipinski definition) is 0. The Kier molecular flexibility index (Phi) is 4.99. The Balaban J connectivity index is 2.35. The zero-order valence-corrected chi connectivity index (χ0v) is 13.7. The Morgan fingerprint density at radius 2 is 1.37 bits per heavy atom. The summed E-state index contributed by atoms with van der Waals surface area (Å²) in [6, 6.07) is 0. The minimum absolute atomic E-state index is 0.200. The molecule has 0 fully saturated rings. The predicted octanol–water partition coefficient (Wildman–Crippen LogP) is 4.56. The molecule has 0 saturated carbocycles. The summed E-state index contributed by atoms with van der Waals surface area (Å²) in [5.41, 5.74) is 2.85. The van der Waals surface area contributed by atoms with Gasteiger partial charge in [-0.3, -0.25) is 4.90 Å². The fourth-order valence-corrected chi connectivity index (χ4v) is 2.75. The predicted molar refractivity (Wildman–Crippen MR) is 92.4 cm³/mol. The SMILES string of the molecule is CN1CC2=C(\C=C/C=C\C=C/C=C\C=C/2)CC1(C)I. The molecule has 1 aliphatic heterocycles. The topological polar surface area (TPSA) is 3.24 Å². The van der Waals surface area contributed by atoms with Crippen LogP contribution in [0.2, 0.25) is 0 Å². The molecule has 1 unspecified atom stereocenters. The zero-order chi connectivity index (χ0) is 13.7. The van der Waals surface area contributed by atoms with E-state index in [0.717, 1.165) is 13.0 Å². The summed E-state index contributed by atoms with van der Waals surface area (Å²) in [5.74, 6) is 0. The average molecular weight is 365 g/mol. The van der Waals surface area contributed by atoms with E-state index in [0.29, 0.717) is 0 Å². The van der Waals surface area contributed by atoms with E-state index in [9.17, 15) is 0 Å². The number of rotatable bonds is 0. The minimum Gasteiger partial charge on any atom is -0.288 e. The van der Waals surface area contributed by atoms with E-state index >= 15 is 0 Å². The Labute approximate surface area is 129 Å².